The smallest absolute Gasteiger partial charge is 0.0837 e. The molecule has 5 heteroatoms. The van der Waals surface area contributed by atoms with Crippen molar-refractivity contribution in [3.63, 3.8) is 0 Å². The standard InChI is InChI=1S/C15H19BrClN3/c1-4-18-14(11-5-7-12(16)8-6-11)15-13(17)9-19-20(15)10(2)3/h5-10,14,18H,4H2,1-3H3. The van der Waals surface area contributed by atoms with Crippen molar-refractivity contribution in [3.05, 3.63) is 51.2 Å². The number of benzene rings is 1. The average molecular weight is 357 g/mol. The minimum atomic E-state index is 0.0468. The van der Waals surface area contributed by atoms with Crippen molar-refractivity contribution in [1.82, 2.24) is 15.1 Å². The van der Waals surface area contributed by atoms with E-state index in [1.807, 2.05) is 16.8 Å². The molecule has 0 saturated carbocycles. The third kappa shape index (κ3) is 3.25. The molecule has 3 nitrogen and oxygen atoms in total. The van der Waals surface area contributed by atoms with Gasteiger partial charge in [0.2, 0.25) is 0 Å². The van der Waals surface area contributed by atoms with Gasteiger partial charge >= 0.3 is 0 Å². The van der Waals surface area contributed by atoms with E-state index in [0.717, 1.165) is 16.7 Å². The molecule has 1 aromatic heterocycles. The summed E-state index contributed by atoms with van der Waals surface area (Å²) in [4.78, 5) is 0. The molecule has 1 heterocycles. The van der Waals surface area contributed by atoms with Gasteiger partial charge in [-0.05, 0) is 38.1 Å². The Morgan fingerprint density at radius 1 is 1.30 bits per heavy atom. The van der Waals surface area contributed by atoms with E-state index in [9.17, 15) is 0 Å². The zero-order valence-corrected chi connectivity index (χ0v) is 14.2. The first-order valence-electron chi connectivity index (χ1n) is 6.76. The maximum Gasteiger partial charge on any atom is 0.0837 e. The van der Waals surface area contributed by atoms with Crippen LogP contribution in [-0.2, 0) is 0 Å². The highest BCUT2D eigenvalue weighted by Gasteiger charge is 2.22. The van der Waals surface area contributed by atoms with E-state index in [1.165, 1.54) is 5.56 Å². The third-order valence-electron chi connectivity index (χ3n) is 3.16. The average Bonchev–Trinajstić information content (AvgIpc) is 2.79. The molecule has 20 heavy (non-hydrogen) atoms. The summed E-state index contributed by atoms with van der Waals surface area (Å²) in [5, 5.41) is 8.59. The fourth-order valence-electron chi connectivity index (χ4n) is 2.26. The van der Waals surface area contributed by atoms with Crippen molar-refractivity contribution < 1.29 is 0 Å². The first kappa shape index (κ1) is 15.5. The maximum atomic E-state index is 6.37. The molecule has 1 N–H and O–H groups in total. The zero-order chi connectivity index (χ0) is 14.7. The van der Waals surface area contributed by atoms with Gasteiger partial charge in [0.05, 0.1) is 23.0 Å². The lowest BCUT2D eigenvalue weighted by molar-refractivity contribution is 0.476. The molecule has 108 valence electrons. The number of halogens is 2. The van der Waals surface area contributed by atoms with Crippen LogP contribution in [0.5, 0.6) is 0 Å². The second kappa shape index (κ2) is 6.74. The first-order chi connectivity index (χ1) is 9.54. The fourth-order valence-corrected chi connectivity index (χ4v) is 2.77. The van der Waals surface area contributed by atoms with Crippen LogP contribution < -0.4 is 5.32 Å². The lowest BCUT2D eigenvalue weighted by Crippen LogP contribution is -2.25. The lowest BCUT2D eigenvalue weighted by Gasteiger charge is -2.22. The van der Waals surface area contributed by atoms with Crippen molar-refractivity contribution in [2.75, 3.05) is 6.54 Å². The Balaban J connectivity index is 2.48. The summed E-state index contributed by atoms with van der Waals surface area (Å²) < 4.78 is 3.05. The van der Waals surface area contributed by atoms with E-state index in [0.29, 0.717) is 5.02 Å². The second-order valence-electron chi connectivity index (χ2n) is 4.96. The summed E-state index contributed by atoms with van der Waals surface area (Å²) in [7, 11) is 0. The first-order valence-corrected chi connectivity index (χ1v) is 7.93. The molecular formula is C15H19BrClN3. The fraction of sp³-hybridized carbons (Fsp3) is 0.400. The van der Waals surface area contributed by atoms with Crippen molar-refractivity contribution in [2.45, 2.75) is 32.9 Å². The van der Waals surface area contributed by atoms with Gasteiger partial charge in [-0.25, -0.2) is 0 Å². The van der Waals surface area contributed by atoms with Crippen LogP contribution in [0.3, 0.4) is 0 Å². The molecule has 1 aromatic carbocycles. The highest BCUT2D eigenvalue weighted by molar-refractivity contribution is 9.10. The summed E-state index contributed by atoms with van der Waals surface area (Å²) >= 11 is 9.84. The topological polar surface area (TPSA) is 29.9 Å². The van der Waals surface area contributed by atoms with Gasteiger partial charge < -0.3 is 5.32 Å². The van der Waals surface area contributed by atoms with Crippen LogP contribution in [0, 0.1) is 0 Å². The van der Waals surface area contributed by atoms with Gasteiger partial charge in [0.25, 0.3) is 0 Å². The van der Waals surface area contributed by atoms with Gasteiger partial charge in [0, 0.05) is 10.5 Å². The number of nitrogens with one attached hydrogen (secondary N) is 1. The van der Waals surface area contributed by atoms with E-state index in [-0.39, 0.29) is 12.1 Å². The van der Waals surface area contributed by atoms with Gasteiger partial charge in [0.1, 0.15) is 0 Å². The van der Waals surface area contributed by atoms with Crippen molar-refractivity contribution >= 4 is 27.5 Å². The number of hydrogen-bond acceptors (Lipinski definition) is 2. The van der Waals surface area contributed by atoms with Gasteiger partial charge in [-0.15, -0.1) is 0 Å². The van der Waals surface area contributed by atoms with Gasteiger partial charge in [-0.3, -0.25) is 4.68 Å². The van der Waals surface area contributed by atoms with E-state index in [1.54, 1.807) is 6.20 Å². The molecule has 0 fully saturated rings. The minimum Gasteiger partial charge on any atom is -0.305 e. The second-order valence-corrected chi connectivity index (χ2v) is 6.28. The molecule has 1 unspecified atom stereocenters. The molecule has 0 spiro atoms. The van der Waals surface area contributed by atoms with Gasteiger partial charge in [-0.1, -0.05) is 46.6 Å². The summed E-state index contributed by atoms with van der Waals surface area (Å²) in [5.74, 6) is 0. The van der Waals surface area contributed by atoms with Gasteiger partial charge in [0.15, 0.2) is 0 Å². The number of nitrogens with zero attached hydrogens (tertiary/aromatic N) is 2. The van der Waals surface area contributed by atoms with Crippen LogP contribution in [0.15, 0.2) is 34.9 Å². The van der Waals surface area contributed by atoms with Crippen LogP contribution in [0.25, 0.3) is 0 Å². The number of rotatable bonds is 5. The molecule has 0 amide bonds. The Morgan fingerprint density at radius 3 is 2.50 bits per heavy atom. The van der Waals surface area contributed by atoms with E-state index in [2.05, 4.69) is 59.2 Å². The predicted molar refractivity (Wildman–Crippen MR) is 87.3 cm³/mol. The predicted octanol–water partition coefficient (Wildman–Crippen LogP) is 4.58. The van der Waals surface area contributed by atoms with Crippen molar-refractivity contribution in [3.8, 4) is 0 Å². The van der Waals surface area contributed by atoms with Crippen LogP contribution in [0.2, 0.25) is 5.02 Å². The highest BCUT2D eigenvalue weighted by Crippen LogP contribution is 2.30. The largest absolute Gasteiger partial charge is 0.305 e. The lowest BCUT2D eigenvalue weighted by atomic mass is 10.0. The molecule has 0 aliphatic heterocycles. The molecule has 1 atom stereocenters. The molecule has 2 aromatic rings. The molecule has 2 rings (SSSR count). The summed E-state index contributed by atoms with van der Waals surface area (Å²) in [6.45, 7) is 7.17. The normalized spacial score (nSPS) is 12.9. The van der Waals surface area contributed by atoms with Crippen LogP contribution >= 0.6 is 27.5 Å². The summed E-state index contributed by atoms with van der Waals surface area (Å²) in [6, 6.07) is 8.61. The third-order valence-corrected chi connectivity index (χ3v) is 3.98. The zero-order valence-electron chi connectivity index (χ0n) is 11.9. The summed E-state index contributed by atoms with van der Waals surface area (Å²) in [6.07, 6.45) is 1.72. The van der Waals surface area contributed by atoms with Crippen LogP contribution in [-0.4, -0.2) is 16.3 Å². The quantitative estimate of drug-likeness (QED) is 0.850. The van der Waals surface area contributed by atoms with Crippen molar-refractivity contribution in [1.29, 1.82) is 0 Å². The van der Waals surface area contributed by atoms with Crippen LogP contribution in [0.1, 0.15) is 44.1 Å². The number of aromatic nitrogens is 2. The Bertz CT molecular complexity index is 563. The molecule has 0 radical (unpaired) electrons. The minimum absolute atomic E-state index is 0.0468. The monoisotopic (exact) mass is 355 g/mol. The summed E-state index contributed by atoms with van der Waals surface area (Å²) in [5.41, 5.74) is 2.20. The molecule has 0 bridgehead atoms. The number of hydrogen-bond donors (Lipinski definition) is 1. The Labute approximate surface area is 133 Å². The van der Waals surface area contributed by atoms with Gasteiger partial charge in [-0.2, -0.15) is 5.10 Å². The van der Waals surface area contributed by atoms with Crippen LogP contribution in [0.4, 0.5) is 0 Å². The van der Waals surface area contributed by atoms with Crippen molar-refractivity contribution in [2.24, 2.45) is 0 Å². The van der Waals surface area contributed by atoms with E-state index in [4.69, 9.17) is 11.6 Å². The maximum absolute atomic E-state index is 6.37. The Morgan fingerprint density at radius 2 is 1.95 bits per heavy atom. The molecule has 0 aliphatic rings. The Hall–Kier alpha value is -0.840. The molecule has 0 saturated heterocycles. The molecule has 0 aliphatic carbocycles. The Kier molecular flexibility index (Phi) is 5.24. The molecular weight excluding hydrogens is 338 g/mol. The van der Waals surface area contributed by atoms with E-state index < -0.39 is 0 Å². The SMILES string of the molecule is CCNC(c1ccc(Br)cc1)c1c(Cl)cnn1C(C)C. The van der Waals surface area contributed by atoms with E-state index >= 15 is 0 Å². The highest BCUT2D eigenvalue weighted by atomic mass is 79.9.